The summed E-state index contributed by atoms with van der Waals surface area (Å²) in [6, 6.07) is 0. The van der Waals surface area contributed by atoms with E-state index in [9.17, 15) is 0 Å². The van der Waals surface area contributed by atoms with Gasteiger partial charge in [0.05, 0.1) is 5.69 Å². The van der Waals surface area contributed by atoms with E-state index in [-0.39, 0.29) is 0 Å². The number of nitrogen functional groups attached to an aromatic ring is 1. The Hall–Kier alpha value is -1.36. The number of rotatable bonds is 5. The highest BCUT2D eigenvalue weighted by atomic mass is 15.2. The molecular weight excluding hydrogens is 322 g/mol. The highest BCUT2D eigenvalue weighted by Crippen LogP contribution is 2.44. The summed E-state index contributed by atoms with van der Waals surface area (Å²) in [5.41, 5.74) is 8.92. The number of hydrogen-bond donors (Lipinski definition) is 2. The Morgan fingerprint density at radius 3 is 2.73 bits per heavy atom. The molecule has 0 spiro atoms. The molecule has 1 saturated heterocycles. The minimum atomic E-state index is 0.483. The van der Waals surface area contributed by atoms with Crippen LogP contribution in [0.4, 0.5) is 11.8 Å². The van der Waals surface area contributed by atoms with Gasteiger partial charge in [-0.15, -0.1) is 0 Å². The van der Waals surface area contributed by atoms with Gasteiger partial charge in [-0.1, -0.05) is 26.2 Å². The quantitative estimate of drug-likeness (QED) is 0.844. The van der Waals surface area contributed by atoms with E-state index in [2.05, 4.69) is 17.1 Å². The second kappa shape index (κ2) is 8.12. The zero-order chi connectivity index (χ0) is 17.9. The predicted molar refractivity (Wildman–Crippen MR) is 108 cm³/mol. The molecule has 0 aromatic carbocycles. The van der Waals surface area contributed by atoms with Crippen molar-refractivity contribution in [2.24, 2.45) is 11.8 Å². The average molecular weight is 358 g/mol. The maximum atomic E-state index is 6.20. The van der Waals surface area contributed by atoms with Crippen molar-refractivity contribution in [2.45, 2.75) is 70.6 Å². The molecule has 26 heavy (non-hydrogen) atoms. The minimum Gasteiger partial charge on any atom is -0.368 e. The molecule has 2 heterocycles. The van der Waals surface area contributed by atoms with E-state index in [1.54, 1.807) is 0 Å². The van der Waals surface area contributed by atoms with Gasteiger partial charge in [-0.2, -0.15) is 4.98 Å². The molecule has 0 amide bonds. The fraction of sp³-hybridized carbons (Fsp3) is 0.810. The Morgan fingerprint density at radius 1 is 1.08 bits per heavy atom. The van der Waals surface area contributed by atoms with Crippen LogP contribution in [0, 0.1) is 11.8 Å². The zero-order valence-corrected chi connectivity index (χ0v) is 16.3. The van der Waals surface area contributed by atoms with Gasteiger partial charge in [0.15, 0.2) is 0 Å². The Bertz CT molecular complexity index is 611. The van der Waals surface area contributed by atoms with Crippen LogP contribution in [0.5, 0.6) is 0 Å². The lowest BCUT2D eigenvalue weighted by Gasteiger charge is -2.35. The van der Waals surface area contributed by atoms with Gasteiger partial charge in [0.2, 0.25) is 5.95 Å². The van der Waals surface area contributed by atoms with E-state index >= 15 is 0 Å². The lowest BCUT2D eigenvalue weighted by molar-refractivity contribution is 0.279. The molecule has 2 fully saturated rings. The maximum absolute atomic E-state index is 6.20. The molecule has 5 nitrogen and oxygen atoms in total. The van der Waals surface area contributed by atoms with Crippen molar-refractivity contribution >= 4 is 11.8 Å². The fourth-order valence-electron chi connectivity index (χ4n) is 5.49. The van der Waals surface area contributed by atoms with Gasteiger partial charge in [-0.25, -0.2) is 4.98 Å². The molecule has 0 bridgehead atoms. The topological polar surface area (TPSA) is 67.1 Å². The van der Waals surface area contributed by atoms with Crippen molar-refractivity contribution in [2.75, 3.05) is 36.8 Å². The molecule has 144 valence electrons. The van der Waals surface area contributed by atoms with Crippen LogP contribution < -0.4 is 16.0 Å². The van der Waals surface area contributed by atoms with Crippen molar-refractivity contribution < 1.29 is 0 Å². The Labute approximate surface area is 158 Å². The molecule has 5 heteroatoms. The van der Waals surface area contributed by atoms with Gasteiger partial charge in [0, 0.05) is 24.6 Å². The summed E-state index contributed by atoms with van der Waals surface area (Å²) in [6.45, 7) is 6.55. The molecule has 1 aliphatic heterocycles. The SMILES string of the molecule is CCNCC1CCN(c2nc(N)nc3c2CCCC3C2CCCCC2)C1. The molecule has 2 aliphatic carbocycles. The molecule has 3 N–H and O–H groups in total. The zero-order valence-electron chi connectivity index (χ0n) is 16.3. The number of nitrogens with two attached hydrogens (primary N) is 1. The summed E-state index contributed by atoms with van der Waals surface area (Å²) in [5.74, 6) is 3.79. The fourth-order valence-corrected chi connectivity index (χ4v) is 5.49. The van der Waals surface area contributed by atoms with Crippen LogP contribution >= 0.6 is 0 Å². The summed E-state index contributed by atoms with van der Waals surface area (Å²) < 4.78 is 0. The van der Waals surface area contributed by atoms with Crippen LogP contribution in [-0.4, -0.2) is 36.1 Å². The van der Waals surface area contributed by atoms with Crippen LogP contribution in [0.1, 0.15) is 75.5 Å². The van der Waals surface area contributed by atoms with Gasteiger partial charge < -0.3 is 16.0 Å². The molecule has 1 aromatic heterocycles. The van der Waals surface area contributed by atoms with Gasteiger partial charge in [0.1, 0.15) is 5.82 Å². The van der Waals surface area contributed by atoms with Gasteiger partial charge >= 0.3 is 0 Å². The Kier molecular flexibility index (Phi) is 5.63. The highest BCUT2D eigenvalue weighted by Gasteiger charge is 2.34. The first kappa shape index (κ1) is 18.0. The summed E-state index contributed by atoms with van der Waals surface area (Å²) in [6.07, 6.45) is 11.9. The first-order valence-corrected chi connectivity index (χ1v) is 10.9. The van der Waals surface area contributed by atoms with Crippen molar-refractivity contribution in [3.63, 3.8) is 0 Å². The molecule has 2 atom stereocenters. The molecule has 2 unspecified atom stereocenters. The number of fused-ring (bicyclic) bond motifs is 1. The Balaban J connectivity index is 1.58. The molecule has 3 aliphatic rings. The van der Waals surface area contributed by atoms with Crippen molar-refractivity contribution in [1.82, 2.24) is 15.3 Å². The molecular formula is C21H35N5. The van der Waals surface area contributed by atoms with Crippen LogP contribution in [0.25, 0.3) is 0 Å². The third-order valence-electron chi connectivity index (χ3n) is 6.81. The van der Waals surface area contributed by atoms with Gasteiger partial charge in [0.25, 0.3) is 0 Å². The number of aromatic nitrogens is 2. The summed E-state index contributed by atoms with van der Waals surface area (Å²) >= 11 is 0. The van der Waals surface area contributed by atoms with E-state index in [4.69, 9.17) is 15.7 Å². The Morgan fingerprint density at radius 2 is 1.92 bits per heavy atom. The molecule has 0 radical (unpaired) electrons. The first-order chi connectivity index (χ1) is 12.8. The normalized spacial score (nSPS) is 26.9. The third kappa shape index (κ3) is 3.68. The maximum Gasteiger partial charge on any atom is 0.222 e. The van der Waals surface area contributed by atoms with Gasteiger partial charge in [-0.05, 0) is 63.5 Å². The molecule has 4 rings (SSSR count). The van der Waals surface area contributed by atoms with E-state index < -0.39 is 0 Å². The average Bonchev–Trinajstić information content (AvgIpc) is 3.15. The monoisotopic (exact) mass is 357 g/mol. The molecule has 1 aromatic rings. The highest BCUT2D eigenvalue weighted by molar-refractivity contribution is 5.54. The van der Waals surface area contributed by atoms with Crippen molar-refractivity contribution in [3.8, 4) is 0 Å². The molecule has 1 saturated carbocycles. The van der Waals surface area contributed by atoms with Crippen LogP contribution in [0.3, 0.4) is 0 Å². The van der Waals surface area contributed by atoms with E-state index in [0.717, 1.165) is 50.3 Å². The standard InChI is InChI=1S/C21H35N5/c1-2-23-13-15-11-12-26(14-15)20-18-10-6-9-17(16-7-4-3-5-8-16)19(18)24-21(22)25-20/h15-17,23H,2-14H2,1H3,(H2,22,24,25). The number of nitrogens with one attached hydrogen (secondary N) is 1. The lowest BCUT2D eigenvalue weighted by Crippen LogP contribution is -2.30. The van der Waals surface area contributed by atoms with Gasteiger partial charge in [-0.3, -0.25) is 0 Å². The number of hydrogen-bond acceptors (Lipinski definition) is 5. The van der Waals surface area contributed by atoms with E-state index in [1.807, 2.05) is 0 Å². The summed E-state index contributed by atoms with van der Waals surface area (Å²) in [7, 11) is 0. The smallest absolute Gasteiger partial charge is 0.222 e. The minimum absolute atomic E-state index is 0.483. The second-order valence-corrected chi connectivity index (χ2v) is 8.57. The number of anilines is 2. The van der Waals surface area contributed by atoms with Crippen LogP contribution in [0.2, 0.25) is 0 Å². The largest absolute Gasteiger partial charge is 0.368 e. The third-order valence-corrected chi connectivity index (χ3v) is 6.81. The van der Waals surface area contributed by atoms with Crippen molar-refractivity contribution in [1.29, 1.82) is 0 Å². The van der Waals surface area contributed by atoms with Crippen LogP contribution in [-0.2, 0) is 6.42 Å². The second-order valence-electron chi connectivity index (χ2n) is 8.57. The van der Waals surface area contributed by atoms with Crippen LogP contribution in [0.15, 0.2) is 0 Å². The van der Waals surface area contributed by atoms with E-state index in [1.165, 1.54) is 62.6 Å². The predicted octanol–water partition coefficient (Wildman–Crippen LogP) is 3.49. The lowest BCUT2D eigenvalue weighted by atomic mass is 9.72. The first-order valence-electron chi connectivity index (χ1n) is 10.9. The number of nitrogens with zero attached hydrogens (tertiary/aromatic N) is 3. The van der Waals surface area contributed by atoms with Crippen molar-refractivity contribution in [3.05, 3.63) is 11.3 Å². The summed E-state index contributed by atoms with van der Waals surface area (Å²) in [5, 5.41) is 3.50. The summed E-state index contributed by atoms with van der Waals surface area (Å²) in [4.78, 5) is 12.0. The van der Waals surface area contributed by atoms with E-state index in [0.29, 0.717) is 11.9 Å².